The normalized spacial score (nSPS) is 16.4. The van der Waals surface area contributed by atoms with Crippen LogP contribution in [0.3, 0.4) is 0 Å². The number of rotatable bonds is 10. The van der Waals surface area contributed by atoms with Crippen molar-refractivity contribution >= 4 is 0 Å². The zero-order valence-corrected chi connectivity index (χ0v) is 39.7. The van der Waals surface area contributed by atoms with Gasteiger partial charge in [-0.1, -0.05) is 174 Å². The third kappa shape index (κ3) is 10.2. The van der Waals surface area contributed by atoms with Crippen molar-refractivity contribution in [2.45, 2.75) is 201 Å². The molecule has 2 saturated carbocycles. The van der Waals surface area contributed by atoms with Crippen LogP contribution in [0.15, 0.2) is 48.5 Å². The Kier molecular flexibility index (Phi) is 13.3. The first-order chi connectivity index (χ1) is 27.9. The molecule has 0 spiro atoms. The highest BCUT2D eigenvalue weighted by atomic mass is 16.5. The van der Waals surface area contributed by atoms with E-state index in [9.17, 15) is 15.3 Å². The minimum atomic E-state index is -0.431. The molecule has 0 unspecified atom stereocenters. The van der Waals surface area contributed by atoms with Crippen LogP contribution in [0.5, 0.6) is 23.0 Å². The summed E-state index contributed by atoms with van der Waals surface area (Å²) in [5, 5.41) is 35.8. The number of hydrogen-bond acceptors (Lipinski definition) is 4. The van der Waals surface area contributed by atoms with E-state index in [0.717, 1.165) is 63.1 Å². The number of phenols is 3. The average Bonchev–Trinajstić information content (AvgIpc) is 3.16. The molecule has 0 radical (unpaired) electrons. The third-order valence-corrected chi connectivity index (χ3v) is 13.8. The van der Waals surface area contributed by atoms with Crippen LogP contribution in [0.1, 0.15) is 219 Å². The van der Waals surface area contributed by atoms with Crippen molar-refractivity contribution in [2.24, 2.45) is 0 Å². The van der Waals surface area contributed by atoms with Gasteiger partial charge in [-0.3, -0.25) is 0 Å². The van der Waals surface area contributed by atoms with E-state index in [1.54, 1.807) is 0 Å². The molecule has 0 heterocycles. The van der Waals surface area contributed by atoms with Crippen LogP contribution in [-0.4, -0.2) is 21.9 Å². The molecule has 2 fully saturated rings. The first kappa shape index (κ1) is 45.6. The summed E-state index contributed by atoms with van der Waals surface area (Å²) >= 11 is 0. The fourth-order valence-electron chi connectivity index (χ4n) is 10.0. The average molecular weight is 815 g/mol. The lowest BCUT2D eigenvalue weighted by molar-refractivity contribution is 0.234. The molecule has 326 valence electrons. The lowest BCUT2D eigenvalue weighted by Gasteiger charge is -2.32. The van der Waals surface area contributed by atoms with E-state index in [1.165, 1.54) is 73.6 Å². The van der Waals surface area contributed by atoms with Gasteiger partial charge in [-0.05, 0) is 123 Å². The highest BCUT2D eigenvalue weighted by molar-refractivity contribution is 5.56. The van der Waals surface area contributed by atoms with E-state index in [4.69, 9.17) is 4.74 Å². The van der Waals surface area contributed by atoms with Gasteiger partial charge < -0.3 is 20.1 Å². The van der Waals surface area contributed by atoms with Crippen molar-refractivity contribution in [1.82, 2.24) is 0 Å². The van der Waals surface area contributed by atoms with Gasteiger partial charge in [0.25, 0.3) is 0 Å². The van der Waals surface area contributed by atoms with Crippen molar-refractivity contribution in [3.8, 4) is 23.0 Å². The first-order valence-corrected chi connectivity index (χ1v) is 23.3. The Morgan fingerprint density at radius 2 is 0.883 bits per heavy atom. The number of hydrogen-bond donors (Lipinski definition) is 3. The van der Waals surface area contributed by atoms with Gasteiger partial charge in [0.05, 0.1) is 6.61 Å². The molecule has 0 bridgehead atoms. The van der Waals surface area contributed by atoms with Crippen LogP contribution >= 0.6 is 0 Å². The van der Waals surface area contributed by atoms with Gasteiger partial charge in [-0.2, -0.15) is 0 Å². The van der Waals surface area contributed by atoms with Crippen LogP contribution in [0.4, 0.5) is 0 Å². The standard InChI is InChI=1S/C56H78O4/c1-35-24-39(49(57)45(26-35)37-20-16-14-17-21-37)29-42-25-36(2)27-46(38-22-18-15-19-23-38)52(42)60-34-56(12,13)44-31-41(51(59)48(33-44)55(9,10)11)28-40-30-43(53(3,4)5)32-47(50(40)58)54(6,7)8/h24-27,30-33,37-38,57-59H,14-23,28-29,34H2,1-13H3. The van der Waals surface area contributed by atoms with Gasteiger partial charge in [0.2, 0.25) is 0 Å². The summed E-state index contributed by atoms with van der Waals surface area (Å²) in [4.78, 5) is 0. The topological polar surface area (TPSA) is 69.9 Å². The Hall–Kier alpha value is -3.92. The molecule has 4 heteroatoms. The maximum Gasteiger partial charge on any atom is 0.126 e. The highest BCUT2D eigenvalue weighted by Crippen LogP contribution is 2.46. The molecule has 0 saturated heterocycles. The molecule has 60 heavy (non-hydrogen) atoms. The zero-order chi connectivity index (χ0) is 43.9. The molecule has 0 aliphatic heterocycles. The molecule has 2 aliphatic carbocycles. The summed E-state index contributed by atoms with van der Waals surface area (Å²) in [6.45, 7) is 28.9. The lowest BCUT2D eigenvalue weighted by Crippen LogP contribution is -2.28. The smallest absolute Gasteiger partial charge is 0.126 e. The third-order valence-electron chi connectivity index (χ3n) is 13.8. The molecule has 6 rings (SSSR count). The number of aryl methyl sites for hydroxylation is 2. The summed E-state index contributed by atoms with van der Waals surface area (Å²) in [6, 6.07) is 17.7. The minimum absolute atomic E-state index is 0.108. The molecule has 4 aromatic rings. The summed E-state index contributed by atoms with van der Waals surface area (Å²) < 4.78 is 7.24. The molecule has 2 aliphatic rings. The molecule has 4 nitrogen and oxygen atoms in total. The molecule has 3 N–H and O–H groups in total. The molecule has 0 amide bonds. The Morgan fingerprint density at radius 1 is 0.467 bits per heavy atom. The maximum absolute atomic E-state index is 12.0. The summed E-state index contributed by atoms with van der Waals surface area (Å²) in [5.41, 5.74) is 11.7. The van der Waals surface area contributed by atoms with Gasteiger partial charge >= 0.3 is 0 Å². The van der Waals surface area contributed by atoms with Gasteiger partial charge in [0.1, 0.15) is 23.0 Å². The second kappa shape index (κ2) is 17.5. The van der Waals surface area contributed by atoms with Crippen LogP contribution in [-0.2, 0) is 34.5 Å². The first-order valence-electron chi connectivity index (χ1n) is 23.3. The van der Waals surface area contributed by atoms with Crippen molar-refractivity contribution in [2.75, 3.05) is 6.61 Å². The van der Waals surface area contributed by atoms with Crippen LogP contribution in [0.2, 0.25) is 0 Å². The summed E-state index contributed by atoms with van der Waals surface area (Å²) in [5.74, 6) is 2.93. The number of benzene rings is 4. The fourth-order valence-corrected chi connectivity index (χ4v) is 10.0. The van der Waals surface area contributed by atoms with Crippen molar-refractivity contribution < 1.29 is 20.1 Å². The highest BCUT2D eigenvalue weighted by Gasteiger charge is 2.32. The Labute approximate surface area is 364 Å². The number of ether oxygens (including phenoxy) is 1. The van der Waals surface area contributed by atoms with E-state index in [2.05, 4.69) is 139 Å². The number of aromatic hydroxyl groups is 3. The summed E-state index contributed by atoms with van der Waals surface area (Å²) in [6.07, 6.45) is 13.2. The van der Waals surface area contributed by atoms with Crippen molar-refractivity contribution in [1.29, 1.82) is 0 Å². The second-order valence-electron chi connectivity index (χ2n) is 22.7. The van der Waals surface area contributed by atoms with E-state index >= 15 is 0 Å². The van der Waals surface area contributed by atoms with Crippen LogP contribution in [0, 0.1) is 13.8 Å². The summed E-state index contributed by atoms with van der Waals surface area (Å²) in [7, 11) is 0. The molecular formula is C56H78O4. The Balaban J connectivity index is 1.41. The lowest BCUT2D eigenvalue weighted by atomic mass is 9.76. The van der Waals surface area contributed by atoms with Gasteiger partial charge in [0, 0.05) is 18.3 Å². The molecule has 0 aromatic heterocycles. The predicted octanol–water partition coefficient (Wildman–Crippen LogP) is 14.9. The molecule has 0 atom stereocenters. The fraction of sp³-hybridized carbons (Fsp3) is 0.571. The van der Waals surface area contributed by atoms with E-state index in [0.29, 0.717) is 48.5 Å². The number of phenolic OH excluding ortho intramolecular Hbond substituents is 3. The maximum atomic E-state index is 12.0. The SMILES string of the molecule is Cc1cc(Cc2cc(C)cc(C3CCCCC3)c2OCC(C)(C)c2cc(Cc3cc(C(C)(C)C)cc(C(C)(C)C)c3O)c(O)c(C(C)(C)C)c2)c(O)c(C2CCCCC2)c1. The van der Waals surface area contributed by atoms with Crippen LogP contribution in [0.25, 0.3) is 0 Å². The van der Waals surface area contributed by atoms with Crippen molar-refractivity contribution in [3.63, 3.8) is 0 Å². The van der Waals surface area contributed by atoms with Gasteiger partial charge in [0.15, 0.2) is 0 Å². The van der Waals surface area contributed by atoms with Gasteiger partial charge in [-0.25, -0.2) is 0 Å². The zero-order valence-electron chi connectivity index (χ0n) is 39.7. The monoisotopic (exact) mass is 815 g/mol. The minimum Gasteiger partial charge on any atom is -0.507 e. The van der Waals surface area contributed by atoms with E-state index in [1.807, 2.05) is 0 Å². The Morgan fingerprint density at radius 3 is 1.38 bits per heavy atom. The molecule has 4 aromatic carbocycles. The molecular weight excluding hydrogens is 737 g/mol. The second-order valence-corrected chi connectivity index (χ2v) is 22.7. The largest absolute Gasteiger partial charge is 0.507 e. The quantitative estimate of drug-likeness (QED) is 0.149. The van der Waals surface area contributed by atoms with Crippen LogP contribution < -0.4 is 4.74 Å². The van der Waals surface area contributed by atoms with E-state index in [-0.39, 0.29) is 16.2 Å². The van der Waals surface area contributed by atoms with Gasteiger partial charge in [-0.15, -0.1) is 0 Å². The van der Waals surface area contributed by atoms with E-state index < -0.39 is 5.41 Å². The van der Waals surface area contributed by atoms with Crippen molar-refractivity contribution in [3.05, 3.63) is 115 Å². The Bertz CT molecular complexity index is 2150. The predicted molar refractivity (Wildman–Crippen MR) is 252 cm³/mol.